The van der Waals surface area contributed by atoms with Crippen LogP contribution in [0.25, 0.3) is 0 Å². The molecule has 0 bridgehead atoms. The summed E-state index contributed by atoms with van der Waals surface area (Å²) in [7, 11) is -4.15. The maximum Gasteiger partial charge on any atom is 0.289 e. The van der Waals surface area contributed by atoms with Crippen LogP contribution in [0.2, 0.25) is 5.02 Å². The molecule has 0 radical (unpaired) electrons. The van der Waals surface area contributed by atoms with Crippen molar-refractivity contribution >= 4 is 33.1 Å². The van der Waals surface area contributed by atoms with Crippen molar-refractivity contribution in [2.75, 3.05) is 4.72 Å². The quantitative estimate of drug-likeness (QED) is 0.527. The Balaban J connectivity index is 2.40. The van der Waals surface area contributed by atoms with Gasteiger partial charge in [0, 0.05) is 6.07 Å². The number of nitrogens with zero attached hydrogens (tertiary/aromatic N) is 2. The Hall–Kier alpha value is -2.26. The van der Waals surface area contributed by atoms with Gasteiger partial charge in [-0.05, 0) is 24.3 Å². The van der Waals surface area contributed by atoms with E-state index in [1.807, 2.05) is 4.72 Å². The molecule has 1 heterocycles. The lowest BCUT2D eigenvalue weighted by Crippen LogP contribution is -2.14. The molecule has 0 aliphatic rings. The Kier molecular flexibility index (Phi) is 4.05. The number of halogens is 2. The number of pyridine rings is 1. The molecule has 0 aliphatic heterocycles. The van der Waals surface area contributed by atoms with Gasteiger partial charge in [0.15, 0.2) is 0 Å². The molecular formula is C11H7ClFN3O4S. The highest BCUT2D eigenvalue weighted by Crippen LogP contribution is 2.27. The SMILES string of the molecule is O=[N+]([O-])c1cc(S(=O)(=O)Nc2cccc(F)n2)ccc1Cl. The number of sulfonamides is 1. The third-order valence-corrected chi connectivity index (χ3v) is 4.05. The minimum atomic E-state index is -4.15. The summed E-state index contributed by atoms with van der Waals surface area (Å²) in [6.45, 7) is 0. The second-order valence-electron chi connectivity index (χ2n) is 3.82. The van der Waals surface area contributed by atoms with Crippen LogP contribution in [0.3, 0.4) is 0 Å². The first-order valence-corrected chi connectivity index (χ1v) is 7.25. The standard InChI is InChI=1S/C11H7ClFN3O4S/c12-8-5-4-7(6-9(8)16(17)18)21(19,20)15-11-3-1-2-10(13)14-11/h1-6H,(H,14,15). The Morgan fingerprint density at radius 2 is 2.00 bits per heavy atom. The molecule has 1 aromatic heterocycles. The second-order valence-corrected chi connectivity index (χ2v) is 5.91. The van der Waals surface area contributed by atoms with Crippen LogP contribution < -0.4 is 4.72 Å². The van der Waals surface area contributed by atoms with E-state index in [1.54, 1.807) is 0 Å². The van der Waals surface area contributed by atoms with Gasteiger partial charge in [-0.2, -0.15) is 4.39 Å². The van der Waals surface area contributed by atoms with Gasteiger partial charge in [-0.15, -0.1) is 0 Å². The van der Waals surface area contributed by atoms with Crippen LogP contribution >= 0.6 is 11.6 Å². The van der Waals surface area contributed by atoms with Gasteiger partial charge in [0.25, 0.3) is 15.7 Å². The number of rotatable bonds is 4. The van der Waals surface area contributed by atoms with Crippen molar-refractivity contribution < 1.29 is 17.7 Å². The molecule has 0 saturated carbocycles. The molecule has 0 aliphatic carbocycles. The fourth-order valence-electron chi connectivity index (χ4n) is 1.46. The lowest BCUT2D eigenvalue weighted by molar-refractivity contribution is -0.384. The Labute approximate surface area is 123 Å². The van der Waals surface area contributed by atoms with Gasteiger partial charge in [-0.25, -0.2) is 13.4 Å². The third-order valence-electron chi connectivity index (χ3n) is 2.38. The van der Waals surface area contributed by atoms with Crippen LogP contribution in [0, 0.1) is 16.1 Å². The predicted molar refractivity (Wildman–Crippen MR) is 73.1 cm³/mol. The van der Waals surface area contributed by atoms with Crippen molar-refractivity contribution in [3.05, 3.63) is 57.5 Å². The summed E-state index contributed by atoms with van der Waals surface area (Å²) in [5.41, 5.74) is -0.549. The predicted octanol–water partition coefficient (Wildman–Crippen LogP) is 2.58. The highest BCUT2D eigenvalue weighted by molar-refractivity contribution is 7.92. The molecule has 0 atom stereocenters. The molecule has 2 aromatic rings. The van der Waals surface area contributed by atoms with Crippen LogP contribution in [0.4, 0.5) is 15.9 Å². The van der Waals surface area contributed by atoms with Gasteiger partial charge in [0.05, 0.1) is 9.82 Å². The van der Waals surface area contributed by atoms with Crippen LogP contribution in [0.1, 0.15) is 0 Å². The molecule has 0 amide bonds. The molecule has 110 valence electrons. The Morgan fingerprint density at radius 3 is 2.62 bits per heavy atom. The monoisotopic (exact) mass is 331 g/mol. The number of nitro benzene ring substituents is 1. The lowest BCUT2D eigenvalue weighted by atomic mass is 10.3. The largest absolute Gasteiger partial charge is 0.289 e. The minimum absolute atomic E-state index is 0.192. The number of nitro groups is 1. The second kappa shape index (κ2) is 5.62. The molecule has 1 aromatic carbocycles. The summed E-state index contributed by atoms with van der Waals surface area (Å²) in [4.78, 5) is 12.9. The average Bonchev–Trinajstić information content (AvgIpc) is 2.38. The first-order chi connectivity index (χ1) is 9.79. The third kappa shape index (κ3) is 3.44. The summed E-state index contributed by atoms with van der Waals surface area (Å²) < 4.78 is 39.1. The Morgan fingerprint density at radius 1 is 1.29 bits per heavy atom. The van der Waals surface area contributed by atoms with Gasteiger partial charge in [0.1, 0.15) is 10.8 Å². The van der Waals surface area contributed by atoms with E-state index in [0.29, 0.717) is 0 Å². The maximum absolute atomic E-state index is 12.9. The number of nitrogens with one attached hydrogen (secondary N) is 1. The number of benzene rings is 1. The van der Waals surface area contributed by atoms with Crippen LogP contribution in [-0.4, -0.2) is 18.3 Å². The van der Waals surface area contributed by atoms with E-state index < -0.39 is 26.6 Å². The minimum Gasteiger partial charge on any atom is -0.263 e. The zero-order chi connectivity index (χ0) is 15.6. The van der Waals surface area contributed by atoms with Crippen LogP contribution in [0.5, 0.6) is 0 Å². The topological polar surface area (TPSA) is 102 Å². The number of aromatic nitrogens is 1. The molecule has 0 saturated heterocycles. The van der Waals surface area contributed by atoms with Crippen molar-refractivity contribution in [2.45, 2.75) is 4.90 Å². The van der Waals surface area contributed by atoms with Crippen molar-refractivity contribution in [3.8, 4) is 0 Å². The summed E-state index contributed by atoms with van der Waals surface area (Å²) in [5, 5.41) is 10.6. The molecule has 1 N–H and O–H groups in total. The molecule has 10 heteroatoms. The van der Waals surface area contributed by atoms with Gasteiger partial charge in [-0.1, -0.05) is 17.7 Å². The lowest BCUT2D eigenvalue weighted by Gasteiger charge is -2.07. The van der Waals surface area contributed by atoms with E-state index in [1.165, 1.54) is 12.1 Å². The van der Waals surface area contributed by atoms with Crippen molar-refractivity contribution in [1.29, 1.82) is 0 Å². The fraction of sp³-hybridized carbons (Fsp3) is 0. The fourth-order valence-corrected chi connectivity index (χ4v) is 2.67. The van der Waals surface area contributed by atoms with E-state index in [9.17, 15) is 22.9 Å². The molecular weight excluding hydrogens is 325 g/mol. The molecule has 0 fully saturated rings. The summed E-state index contributed by atoms with van der Waals surface area (Å²) in [6.07, 6.45) is 0. The van der Waals surface area contributed by atoms with Crippen molar-refractivity contribution in [1.82, 2.24) is 4.98 Å². The van der Waals surface area contributed by atoms with Gasteiger partial charge in [0.2, 0.25) is 5.95 Å². The van der Waals surface area contributed by atoms with E-state index in [-0.39, 0.29) is 15.7 Å². The van der Waals surface area contributed by atoms with Crippen LogP contribution in [-0.2, 0) is 10.0 Å². The van der Waals surface area contributed by atoms with E-state index in [4.69, 9.17) is 11.6 Å². The van der Waals surface area contributed by atoms with Crippen molar-refractivity contribution in [3.63, 3.8) is 0 Å². The first-order valence-electron chi connectivity index (χ1n) is 5.39. The zero-order valence-corrected chi connectivity index (χ0v) is 11.7. The normalized spacial score (nSPS) is 11.1. The first kappa shape index (κ1) is 15.1. The molecule has 0 unspecified atom stereocenters. The van der Waals surface area contributed by atoms with E-state index in [2.05, 4.69) is 4.98 Å². The highest BCUT2D eigenvalue weighted by Gasteiger charge is 2.21. The number of hydrogen-bond donors (Lipinski definition) is 1. The summed E-state index contributed by atoms with van der Waals surface area (Å²) in [5.74, 6) is -1.11. The molecule has 2 rings (SSSR count). The van der Waals surface area contributed by atoms with E-state index >= 15 is 0 Å². The smallest absolute Gasteiger partial charge is 0.263 e. The zero-order valence-electron chi connectivity index (χ0n) is 10.2. The van der Waals surface area contributed by atoms with Crippen molar-refractivity contribution in [2.24, 2.45) is 0 Å². The van der Waals surface area contributed by atoms with Gasteiger partial charge >= 0.3 is 0 Å². The maximum atomic E-state index is 12.9. The molecule has 7 nitrogen and oxygen atoms in total. The summed E-state index contributed by atoms with van der Waals surface area (Å²) in [6, 6.07) is 6.55. The molecule has 21 heavy (non-hydrogen) atoms. The molecule has 0 spiro atoms. The summed E-state index contributed by atoms with van der Waals surface area (Å²) >= 11 is 5.60. The van der Waals surface area contributed by atoms with Crippen LogP contribution in [0.15, 0.2) is 41.3 Å². The average molecular weight is 332 g/mol. The van der Waals surface area contributed by atoms with Gasteiger partial charge < -0.3 is 0 Å². The number of hydrogen-bond acceptors (Lipinski definition) is 5. The van der Waals surface area contributed by atoms with E-state index in [0.717, 1.165) is 24.3 Å². The Bertz CT molecular complexity index is 813. The van der Waals surface area contributed by atoms with Gasteiger partial charge in [-0.3, -0.25) is 14.8 Å². The highest BCUT2D eigenvalue weighted by atomic mass is 35.5. The number of anilines is 1.